The zero-order valence-corrected chi connectivity index (χ0v) is 11.0. The molecule has 0 saturated heterocycles. The number of benzene rings is 1. The monoisotopic (exact) mass is 299 g/mol. The van der Waals surface area contributed by atoms with Gasteiger partial charge in [0, 0.05) is 0 Å². The molecule has 0 aliphatic carbocycles. The van der Waals surface area contributed by atoms with Crippen molar-refractivity contribution in [1.82, 2.24) is 5.32 Å². The minimum Gasteiger partial charge on any atom is -0.300 e. The lowest BCUT2D eigenvalue weighted by molar-refractivity contribution is -0.195. The van der Waals surface area contributed by atoms with Gasteiger partial charge in [0.2, 0.25) is 0 Å². The lowest BCUT2D eigenvalue weighted by atomic mass is 9.90. The van der Waals surface area contributed by atoms with Crippen molar-refractivity contribution in [3.05, 3.63) is 35.4 Å². The molecule has 1 nitrogen and oxygen atoms in total. The van der Waals surface area contributed by atoms with Crippen LogP contribution in [0.25, 0.3) is 0 Å². The van der Waals surface area contributed by atoms with Gasteiger partial charge in [0.05, 0.1) is 5.56 Å². The molecule has 1 unspecified atom stereocenters. The highest BCUT2D eigenvalue weighted by atomic mass is 19.4. The van der Waals surface area contributed by atoms with Crippen molar-refractivity contribution in [3.8, 4) is 0 Å². The predicted octanol–water partition coefficient (Wildman–Crippen LogP) is 4.48. The summed E-state index contributed by atoms with van der Waals surface area (Å²) < 4.78 is 76.7. The summed E-state index contributed by atoms with van der Waals surface area (Å²) in [6.07, 6.45) is -8.70. The normalized spacial score (nSPS) is 16.0. The Morgan fingerprint density at radius 1 is 0.900 bits per heavy atom. The van der Waals surface area contributed by atoms with Crippen LogP contribution in [0.5, 0.6) is 0 Å². The van der Waals surface area contributed by atoms with Gasteiger partial charge in [-0.25, -0.2) is 0 Å². The van der Waals surface area contributed by atoms with E-state index in [1.807, 2.05) is 0 Å². The van der Waals surface area contributed by atoms with Crippen LogP contribution < -0.4 is 5.32 Å². The molecule has 1 aromatic rings. The Morgan fingerprint density at radius 2 is 1.35 bits per heavy atom. The SMILES string of the molecule is CCCNC(C)(c1ccc(C(F)(F)F)cc1)C(F)(F)F. The second-order valence-electron chi connectivity index (χ2n) is 4.62. The van der Waals surface area contributed by atoms with Crippen molar-refractivity contribution in [1.29, 1.82) is 0 Å². The fourth-order valence-electron chi connectivity index (χ4n) is 1.73. The van der Waals surface area contributed by atoms with E-state index >= 15 is 0 Å². The van der Waals surface area contributed by atoms with E-state index in [1.54, 1.807) is 6.92 Å². The van der Waals surface area contributed by atoms with E-state index in [1.165, 1.54) is 0 Å². The molecule has 1 aromatic carbocycles. The lowest BCUT2D eigenvalue weighted by Gasteiger charge is -2.33. The lowest BCUT2D eigenvalue weighted by Crippen LogP contribution is -2.51. The molecule has 114 valence electrons. The minimum absolute atomic E-state index is 0.108. The van der Waals surface area contributed by atoms with Crippen LogP contribution in [-0.2, 0) is 11.7 Å². The van der Waals surface area contributed by atoms with Crippen LogP contribution in [0.2, 0.25) is 0 Å². The van der Waals surface area contributed by atoms with Crippen molar-refractivity contribution < 1.29 is 26.3 Å². The molecule has 0 amide bonds. The van der Waals surface area contributed by atoms with Gasteiger partial charge in [-0.05, 0) is 37.6 Å². The average molecular weight is 299 g/mol. The zero-order chi connectivity index (χ0) is 15.6. The van der Waals surface area contributed by atoms with Crippen molar-refractivity contribution in [2.75, 3.05) is 6.54 Å². The molecule has 0 aliphatic rings. The third kappa shape index (κ3) is 3.45. The first-order chi connectivity index (χ1) is 9.02. The number of nitrogens with one attached hydrogen (secondary N) is 1. The first-order valence-electron chi connectivity index (χ1n) is 6.02. The van der Waals surface area contributed by atoms with Gasteiger partial charge in [0.1, 0.15) is 5.54 Å². The Hall–Kier alpha value is -1.24. The van der Waals surface area contributed by atoms with Gasteiger partial charge in [-0.2, -0.15) is 26.3 Å². The van der Waals surface area contributed by atoms with Crippen LogP contribution in [0.15, 0.2) is 24.3 Å². The van der Waals surface area contributed by atoms with Gasteiger partial charge >= 0.3 is 12.4 Å². The van der Waals surface area contributed by atoms with E-state index in [4.69, 9.17) is 0 Å². The number of rotatable bonds is 4. The number of alkyl halides is 6. The van der Waals surface area contributed by atoms with Crippen molar-refractivity contribution in [2.24, 2.45) is 0 Å². The Bertz CT molecular complexity index is 434. The van der Waals surface area contributed by atoms with Gasteiger partial charge in [-0.15, -0.1) is 0 Å². The minimum atomic E-state index is -4.61. The van der Waals surface area contributed by atoms with Crippen LogP contribution in [0, 0.1) is 0 Å². The summed E-state index contributed by atoms with van der Waals surface area (Å²) in [4.78, 5) is 0. The van der Waals surface area contributed by atoms with Crippen LogP contribution >= 0.6 is 0 Å². The standard InChI is InChI=1S/C13H15F6N/c1-3-8-20-11(2,13(17,18)19)9-4-6-10(7-5-9)12(14,15)16/h4-7,20H,3,8H2,1-2H3. The summed E-state index contributed by atoms with van der Waals surface area (Å²) in [5.41, 5.74) is -3.58. The Kier molecular flexibility index (Phi) is 4.74. The third-order valence-electron chi connectivity index (χ3n) is 3.09. The fraction of sp³-hybridized carbons (Fsp3) is 0.538. The summed E-state index contributed by atoms with van der Waals surface area (Å²) >= 11 is 0. The third-order valence-corrected chi connectivity index (χ3v) is 3.09. The van der Waals surface area contributed by atoms with Crippen LogP contribution in [0.3, 0.4) is 0 Å². The number of hydrogen-bond acceptors (Lipinski definition) is 1. The van der Waals surface area contributed by atoms with Crippen molar-refractivity contribution in [3.63, 3.8) is 0 Å². The van der Waals surface area contributed by atoms with E-state index < -0.39 is 23.5 Å². The van der Waals surface area contributed by atoms with E-state index in [9.17, 15) is 26.3 Å². The quantitative estimate of drug-likeness (QED) is 0.808. The molecule has 1 rings (SSSR count). The van der Waals surface area contributed by atoms with Gasteiger partial charge in [-0.1, -0.05) is 19.1 Å². The van der Waals surface area contributed by atoms with Crippen molar-refractivity contribution >= 4 is 0 Å². The Labute approximate surface area is 113 Å². The summed E-state index contributed by atoms with van der Waals surface area (Å²) in [5.74, 6) is 0. The maximum atomic E-state index is 13.2. The molecular weight excluding hydrogens is 284 g/mol. The molecule has 0 aliphatic heterocycles. The summed E-state index contributed by atoms with van der Waals surface area (Å²) in [7, 11) is 0. The van der Waals surface area contributed by atoms with E-state index in [2.05, 4.69) is 5.32 Å². The van der Waals surface area contributed by atoms with Crippen LogP contribution in [-0.4, -0.2) is 12.7 Å². The first-order valence-corrected chi connectivity index (χ1v) is 6.02. The highest BCUT2D eigenvalue weighted by Gasteiger charge is 2.52. The second kappa shape index (κ2) is 5.63. The molecule has 1 N–H and O–H groups in total. The van der Waals surface area contributed by atoms with Crippen molar-refractivity contribution in [2.45, 2.75) is 38.2 Å². The number of halogens is 6. The maximum Gasteiger partial charge on any atom is 0.416 e. The molecule has 20 heavy (non-hydrogen) atoms. The highest BCUT2D eigenvalue weighted by molar-refractivity contribution is 5.31. The molecule has 0 aromatic heterocycles. The molecule has 7 heteroatoms. The first kappa shape index (κ1) is 16.8. The molecule has 0 saturated carbocycles. The Balaban J connectivity index is 3.16. The molecule has 0 heterocycles. The van der Waals surface area contributed by atoms with Crippen LogP contribution in [0.1, 0.15) is 31.4 Å². The molecule has 0 radical (unpaired) electrons. The maximum absolute atomic E-state index is 13.2. The largest absolute Gasteiger partial charge is 0.416 e. The summed E-state index contributed by atoms with van der Waals surface area (Å²) in [6.45, 7) is 2.73. The summed E-state index contributed by atoms with van der Waals surface area (Å²) in [5, 5.41) is 2.35. The molecule has 0 fully saturated rings. The topological polar surface area (TPSA) is 12.0 Å². The second-order valence-corrected chi connectivity index (χ2v) is 4.62. The highest BCUT2D eigenvalue weighted by Crippen LogP contribution is 2.39. The van der Waals surface area contributed by atoms with Gasteiger partial charge < -0.3 is 5.32 Å². The fourth-order valence-corrected chi connectivity index (χ4v) is 1.73. The predicted molar refractivity (Wildman–Crippen MR) is 63.1 cm³/mol. The molecule has 1 atom stereocenters. The smallest absolute Gasteiger partial charge is 0.300 e. The molecule has 0 spiro atoms. The van der Waals surface area contributed by atoms with E-state index in [0.717, 1.165) is 19.1 Å². The Morgan fingerprint density at radius 3 is 1.70 bits per heavy atom. The zero-order valence-electron chi connectivity index (χ0n) is 11.0. The number of hydrogen-bond donors (Lipinski definition) is 1. The average Bonchev–Trinajstić information content (AvgIpc) is 2.33. The van der Waals surface area contributed by atoms with E-state index in [-0.39, 0.29) is 12.1 Å². The molecular formula is C13H15F6N. The molecule has 0 bridgehead atoms. The summed E-state index contributed by atoms with van der Waals surface area (Å²) in [6, 6.07) is 3.04. The van der Waals surface area contributed by atoms with E-state index in [0.29, 0.717) is 18.6 Å². The van der Waals surface area contributed by atoms with Gasteiger partial charge in [0.15, 0.2) is 0 Å². The van der Waals surface area contributed by atoms with Gasteiger partial charge in [0.25, 0.3) is 0 Å². The van der Waals surface area contributed by atoms with Gasteiger partial charge in [-0.3, -0.25) is 0 Å². The van der Waals surface area contributed by atoms with Crippen LogP contribution in [0.4, 0.5) is 26.3 Å².